The zero-order valence-corrected chi connectivity index (χ0v) is 15.1. The average molecular weight is 403 g/mol. The first-order chi connectivity index (χ1) is 12.6. The minimum Gasteiger partial charge on any atom is -0.336 e. The van der Waals surface area contributed by atoms with Crippen LogP contribution in [-0.2, 0) is 22.4 Å². The van der Waals surface area contributed by atoms with Gasteiger partial charge < -0.3 is 4.98 Å². The molecule has 1 unspecified atom stereocenters. The van der Waals surface area contributed by atoms with Gasteiger partial charge in [0.05, 0.1) is 17.5 Å². The van der Waals surface area contributed by atoms with Crippen molar-refractivity contribution in [2.24, 2.45) is 0 Å². The van der Waals surface area contributed by atoms with Crippen molar-refractivity contribution in [2.75, 3.05) is 16.2 Å². The number of aldehydes is 1. The van der Waals surface area contributed by atoms with E-state index in [1.165, 1.54) is 24.1 Å². The normalized spacial score (nSPS) is 17.4. The summed E-state index contributed by atoms with van der Waals surface area (Å²) in [6.45, 7) is 3.14. The van der Waals surface area contributed by atoms with E-state index in [9.17, 15) is 26.4 Å². The standard InChI is InChI=1S/C15H16F3N5O3S/c1-3-27(25,26)11-5-4-9(7-24)19-13(11)23-8(2)6-10-12(22-23)21-14(20-10)15(16,17)18/h4-5,7-8,22H,3,6H2,1-2H3,(H,20,21). The van der Waals surface area contributed by atoms with E-state index in [1.807, 2.05) is 0 Å². The van der Waals surface area contributed by atoms with Gasteiger partial charge in [0, 0.05) is 6.42 Å². The third-order valence-electron chi connectivity index (χ3n) is 4.14. The highest BCUT2D eigenvalue weighted by molar-refractivity contribution is 7.91. The molecule has 0 spiro atoms. The van der Waals surface area contributed by atoms with E-state index in [1.54, 1.807) is 6.92 Å². The fourth-order valence-electron chi connectivity index (χ4n) is 2.74. The molecule has 3 heterocycles. The van der Waals surface area contributed by atoms with Crippen LogP contribution in [0.3, 0.4) is 0 Å². The summed E-state index contributed by atoms with van der Waals surface area (Å²) in [6.07, 6.45) is -4.04. The molecule has 12 heteroatoms. The number of fused-ring (bicyclic) bond motifs is 1. The minimum absolute atomic E-state index is 0.00198. The Kier molecular flexibility index (Phi) is 4.62. The lowest BCUT2D eigenvalue weighted by molar-refractivity contribution is -0.144. The number of hydrazine groups is 1. The van der Waals surface area contributed by atoms with E-state index in [4.69, 9.17) is 0 Å². The van der Waals surface area contributed by atoms with Crippen LogP contribution >= 0.6 is 0 Å². The van der Waals surface area contributed by atoms with E-state index in [0.717, 1.165) is 0 Å². The lowest BCUT2D eigenvalue weighted by Gasteiger charge is -2.35. The second kappa shape index (κ2) is 6.51. The fourth-order valence-corrected chi connectivity index (χ4v) is 3.75. The van der Waals surface area contributed by atoms with Gasteiger partial charge in [0.25, 0.3) is 0 Å². The Bertz CT molecular complexity index is 987. The Morgan fingerprint density at radius 3 is 2.63 bits per heavy atom. The zero-order valence-electron chi connectivity index (χ0n) is 14.3. The lowest BCUT2D eigenvalue weighted by atomic mass is 10.1. The summed E-state index contributed by atoms with van der Waals surface area (Å²) in [6, 6.07) is 2.08. The zero-order chi connectivity index (χ0) is 20.0. The quantitative estimate of drug-likeness (QED) is 0.754. The van der Waals surface area contributed by atoms with Gasteiger partial charge in [0.2, 0.25) is 5.82 Å². The highest BCUT2D eigenvalue weighted by Gasteiger charge is 2.38. The summed E-state index contributed by atoms with van der Waals surface area (Å²) in [5.41, 5.74) is 2.94. The number of hydrogen-bond acceptors (Lipinski definition) is 7. The second-order valence-corrected chi connectivity index (χ2v) is 8.27. The van der Waals surface area contributed by atoms with Crippen molar-refractivity contribution in [3.63, 3.8) is 0 Å². The summed E-state index contributed by atoms with van der Waals surface area (Å²) in [4.78, 5) is 20.8. The molecule has 1 aliphatic rings. The van der Waals surface area contributed by atoms with Crippen LogP contribution in [0.25, 0.3) is 0 Å². The Labute approximate surface area is 152 Å². The Balaban J connectivity index is 2.09. The lowest BCUT2D eigenvalue weighted by Crippen LogP contribution is -2.44. The molecule has 2 aromatic rings. The number of aromatic nitrogens is 3. The van der Waals surface area contributed by atoms with Crippen LogP contribution in [0.2, 0.25) is 0 Å². The predicted octanol–water partition coefficient (Wildman–Crippen LogP) is 2.21. The van der Waals surface area contributed by atoms with Gasteiger partial charge in [-0.05, 0) is 19.1 Å². The molecular formula is C15H16F3N5O3S. The van der Waals surface area contributed by atoms with Gasteiger partial charge in [-0.3, -0.25) is 15.2 Å². The smallest absolute Gasteiger partial charge is 0.336 e. The van der Waals surface area contributed by atoms with E-state index < -0.39 is 27.9 Å². The van der Waals surface area contributed by atoms with Crippen molar-refractivity contribution >= 4 is 27.8 Å². The van der Waals surface area contributed by atoms with Gasteiger partial charge in [-0.25, -0.2) is 18.4 Å². The summed E-state index contributed by atoms with van der Waals surface area (Å²) in [5.74, 6) is -1.48. The van der Waals surface area contributed by atoms with Gasteiger partial charge in [-0.1, -0.05) is 6.92 Å². The summed E-state index contributed by atoms with van der Waals surface area (Å²) in [7, 11) is -3.69. The molecule has 8 nitrogen and oxygen atoms in total. The molecule has 0 saturated heterocycles. The second-order valence-electron chi connectivity index (χ2n) is 6.02. The largest absolute Gasteiger partial charge is 0.449 e. The number of rotatable bonds is 4. The number of hydrogen-bond donors (Lipinski definition) is 2. The molecule has 2 N–H and O–H groups in total. The maximum atomic E-state index is 12.9. The number of carbonyl (C=O) groups is 1. The Morgan fingerprint density at radius 2 is 2.04 bits per heavy atom. The summed E-state index contributed by atoms with van der Waals surface area (Å²) < 4.78 is 63.5. The topological polar surface area (TPSA) is 108 Å². The van der Waals surface area contributed by atoms with Crippen molar-refractivity contribution in [3.05, 3.63) is 29.3 Å². The molecule has 0 radical (unpaired) electrons. The van der Waals surface area contributed by atoms with Crippen LogP contribution < -0.4 is 10.4 Å². The molecule has 3 rings (SSSR count). The first-order valence-electron chi connectivity index (χ1n) is 7.97. The minimum atomic E-state index is -4.64. The summed E-state index contributed by atoms with van der Waals surface area (Å²) in [5, 5.41) is 1.32. The molecule has 27 heavy (non-hydrogen) atoms. The van der Waals surface area contributed by atoms with Crippen LogP contribution in [0.5, 0.6) is 0 Å². The number of alkyl halides is 3. The summed E-state index contributed by atoms with van der Waals surface area (Å²) >= 11 is 0. The molecule has 146 valence electrons. The number of nitrogens with one attached hydrogen (secondary N) is 2. The van der Waals surface area contributed by atoms with Crippen molar-refractivity contribution in [1.29, 1.82) is 0 Å². The van der Waals surface area contributed by atoms with Crippen LogP contribution in [-0.4, -0.2) is 41.5 Å². The van der Waals surface area contributed by atoms with Crippen molar-refractivity contribution in [2.45, 2.75) is 37.4 Å². The van der Waals surface area contributed by atoms with Gasteiger partial charge >= 0.3 is 6.18 Å². The molecule has 0 amide bonds. The van der Waals surface area contributed by atoms with Gasteiger partial charge in [0.1, 0.15) is 10.6 Å². The van der Waals surface area contributed by atoms with Crippen molar-refractivity contribution in [1.82, 2.24) is 15.0 Å². The number of anilines is 2. The molecule has 0 saturated carbocycles. The Morgan fingerprint density at radius 1 is 1.33 bits per heavy atom. The molecule has 0 fully saturated rings. The molecule has 0 aliphatic carbocycles. The third-order valence-corrected chi connectivity index (χ3v) is 5.89. The van der Waals surface area contributed by atoms with Crippen molar-refractivity contribution < 1.29 is 26.4 Å². The predicted molar refractivity (Wildman–Crippen MR) is 90.2 cm³/mol. The van der Waals surface area contributed by atoms with E-state index in [2.05, 4.69) is 20.4 Å². The highest BCUT2D eigenvalue weighted by atomic mass is 32.2. The molecule has 2 aromatic heterocycles. The van der Waals surface area contributed by atoms with E-state index >= 15 is 0 Å². The van der Waals surface area contributed by atoms with Crippen LogP contribution in [0.1, 0.15) is 35.9 Å². The first kappa shape index (κ1) is 19.1. The van der Waals surface area contributed by atoms with Crippen LogP contribution in [0.15, 0.2) is 17.0 Å². The number of carbonyl (C=O) groups excluding carboxylic acids is 1. The van der Waals surface area contributed by atoms with Gasteiger partial charge in [-0.2, -0.15) is 13.2 Å². The number of sulfone groups is 1. The Hall–Kier alpha value is -2.63. The fraction of sp³-hybridized carbons (Fsp3) is 0.400. The SMILES string of the molecule is CCS(=O)(=O)c1ccc(C=O)nc1N1Nc2nc(C(F)(F)F)[nH]c2CC1C. The van der Waals surface area contributed by atoms with E-state index in [0.29, 0.717) is 6.29 Å². The number of nitrogens with zero attached hydrogens (tertiary/aromatic N) is 3. The third kappa shape index (κ3) is 3.48. The number of aromatic amines is 1. The van der Waals surface area contributed by atoms with Crippen molar-refractivity contribution in [3.8, 4) is 0 Å². The number of halogens is 3. The van der Waals surface area contributed by atoms with Crippen LogP contribution in [0, 0.1) is 0 Å². The maximum Gasteiger partial charge on any atom is 0.449 e. The highest BCUT2D eigenvalue weighted by Crippen LogP contribution is 2.34. The first-order valence-corrected chi connectivity index (χ1v) is 9.63. The van der Waals surface area contributed by atoms with E-state index in [-0.39, 0.29) is 40.1 Å². The monoisotopic (exact) mass is 403 g/mol. The molecule has 0 aromatic carbocycles. The molecule has 1 atom stereocenters. The molecule has 0 bridgehead atoms. The molecular weight excluding hydrogens is 387 g/mol. The molecule has 1 aliphatic heterocycles. The number of imidazole rings is 1. The van der Waals surface area contributed by atoms with Gasteiger partial charge in [0.15, 0.2) is 27.8 Å². The van der Waals surface area contributed by atoms with Crippen LogP contribution in [0.4, 0.5) is 24.8 Å². The average Bonchev–Trinajstić information content (AvgIpc) is 3.03. The maximum absolute atomic E-state index is 12.9. The number of H-pyrrole nitrogens is 1. The number of pyridine rings is 1. The van der Waals surface area contributed by atoms with Gasteiger partial charge in [-0.15, -0.1) is 0 Å².